The molecule has 1 spiro atoms. The Hall–Kier alpha value is -4.19. The highest BCUT2D eigenvalue weighted by atomic mass is 16.3. The fourth-order valence-corrected chi connectivity index (χ4v) is 5.57. The zero-order valence-corrected chi connectivity index (χ0v) is 19.4. The van der Waals surface area contributed by atoms with Crippen LogP contribution in [0.4, 0.5) is 5.69 Å². The van der Waals surface area contributed by atoms with Gasteiger partial charge in [-0.1, -0.05) is 67.6 Å². The molecule has 1 atom stereocenters. The van der Waals surface area contributed by atoms with Crippen molar-refractivity contribution < 1.29 is 14.0 Å². The van der Waals surface area contributed by atoms with Gasteiger partial charge < -0.3 is 14.2 Å². The number of carbonyl (C=O) groups is 2. The molecule has 0 radical (unpaired) electrons. The largest absolute Gasteiger partial charge is 0.450 e. The SMILES string of the molecule is CCCN1C(=O)C2(c3ccccc31)c1c(oc3ccccc3c1=O)C(=O)N2CCc1ccccc1. The number of hydrogen-bond donors (Lipinski definition) is 0. The third-order valence-electron chi connectivity index (χ3n) is 7.06. The van der Waals surface area contributed by atoms with Crippen LogP contribution in [0.1, 0.15) is 40.6 Å². The first-order chi connectivity index (χ1) is 17.1. The lowest BCUT2D eigenvalue weighted by atomic mass is 9.83. The molecule has 2 aliphatic heterocycles. The Morgan fingerprint density at radius 1 is 0.829 bits per heavy atom. The fraction of sp³-hybridized carbons (Fsp3) is 0.207. The molecule has 0 bridgehead atoms. The second-order valence-corrected chi connectivity index (χ2v) is 9.01. The molecule has 4 aromatic rings. The topological polar surface area (TPSA) is 70.8 Å². The van der Waals surface area contributed by atoms with Gasteiger partial charge in [0.15, 0.2) is 11.0 Å². The number of hydrogen-bond acceptors (Lipinski definition) is 4. The Kier molecular flexibility index (Phi) is 4.85. The van der Waals surface area contributed by atoms with E-state index in [9.17, 15) is 14.4 Å². The molecule has 0 N–H and O–H groups in total. The van der Waals surface area contributed by atoms with E-state index in [0.717, 1.165) is 17.7 Å². The van der Waals surface area contributed by atoms with Gasteiger partial charge in [-0.15, -0.1) is 0 Å². The van der Waals surface area contributed by atoms with Crippen LogP contribution in [-0.2, 0) is 16.8 Å². The number of carbonyl (C=O) groups excluding carboxylic acids is 2. The smallest absolute Gasteiger partial charge is 0.291 e. The molecule has 0 saturated heterocycles. The van der Waals surface area contributed by atoms with Crippen LogP contribution >= 0.6 is 0 Å². The molecule has 6 nitrogen and oxygen atoms in total. The molecule has 2 aliphatic rings. The van der Waals surface area contributed by atoms with Crippen LogP contribution in [0.5, 0.6) is 0 Å². The summed E-state index contributed by atoms with van der Waals surface area (Å²) in [7, 11) is 0. The lowest BCUT2D eigenvalue weighted by Gasteiger charge is -2.34. The highest BCUT2D eigenvalue weighted by molar-refractivity contribution is 6.17. The van der Waals surface area contributed by atoms with Crippen molar-refractivity contribution in [2.24, 2.45) is 0 Å². The number of nitrogens with zero attached hydrogens (tertiary/aromatic N) is 2. The third-order valence-corrected chi connectivity index (χ3v) is 7.06. The molecule has 6 rings (SSSR count). The minimum absolute atomic E-state index is 0.0386. The van der Waals surface area contributed by atoms with Crippen LogP contribution in [0.2, 0.25) is 0 Å². The zero-order valence-electron chi connectivity index (χ0n) is 19.4. The summed E-state index contributed by atoms with van der Waals surface area (Å²) in [5, 5.41) is 0.363. The third kappa shape index (κ3) is 2.86. The molecule has 2 amide bonds. The quantitative estimate of drug-likeness (QED) is 0.436. The van der Waals surface area contributed by atoms with Crippen molar-refractivity contribution in [1.82, 2.24) is 4.90 Å². The maximum atomic E-state index is 14.3. The van der Waals surface area contributed by atoms with Gasteiger partial charge in [-0.3, -0.25) is 14.4 Å². The van der Waals surface area contributed by atoms with Crippen LogP contribution < -0.4 is 10.3 Å². The van der Waals surface area contributed by atoms with Gasteiger partial charge in [0.2, 0.25) is 5.76 Å². The second kappa shape index (κ2) is 7.94. The van der Waals surface area contributed by atoms with E-state index >= 15 is 0 Å². The summed E-state index contributed by atoms with van der Waals surface area (Å²) >= 11 is 0. The van der Waals surface area contributed by atoms with Gasteiger partial charge >= 0.3 is 0 Å². The summed E-state index contributed by atoms with van der Waals surface area (Å²) < 4.78 is 6.06. The summed E-state index contributed by atoms with van der Waals surface area (Å²) in [6.45, 7) is 2.76. The lowest BCUT2D eigenvalue weighted by Crippen LogP contribution is -2.54. The highest BCUT2D eigenvalue weighted by Crippen LogP contribution is 2.52. The Labute approximate surface area is 202 Å². The molecule has 0 aliphatic carbocycles. The van der Waals surface area contributed by atoms with Crippen LogP contribution in [0.15, 0.2) is 88.1 Å². The van der Waals surface area contributed by atoms with Crippen LogP contribution in [0.3, 0.4) is 0 Å². The normalized spacial score (nSPS) is 18.5. The van der Waals surface area contributed by atoms with Crippen molar-refractivity contribution in [1.29, 1.82) is 0 Å². The molecule has 0 saturated carbocycles. The van der Waals surface area contributed by atoms with Gasteiger partial charge in [0.1, 0.15) is 5.58 Å². The van der Waals surface area contributed by atoms with Crippen molar-refractivity contribution >= 4 is 28.5 Å². The molecule has 0 fully saturated rings. The summed E-state index contributed by atoms with van der Waals surface area (Å²) in [5.74, 6) is -0.744. The lowest BCUT2D eigenvalue weighted by molar-refractivity contribution is -0.126. The van der Waals surface area contributed by atoms with E-state index in [0.29, 0.717) is 29.5 Å². The summed E-state index contributed by atoms with van der Waals surface area (Å²) in [5.41, 5.74) is 1.02. The maximum absolute atomic E-state index is 14.3. The summed E-state index contributed by atoms with van der Waals surface area (Å²) in [6, 6.07) is 24.2. The Balaban J connectivity index is 1.63. The second-order valence-electron chi connectivity index (χ2n) is 9.01. The molecule has 174 valence electrons. The van der Waals surface area contributed by atoms with E-state index in [4.69, 9.17) is 4.42 Å². The van der Waals surface area contributed by atoms with E-state index in [2.05, 4.69) is 0 Å². The van der Waals surface area contributed by atoms with E-state index in [1.807, 2.05) is 61.5 Å². The van der Waals surface area contributed by atoms with E-state index in [1.54, 1.807) is 34.1 Å². The predicted octanol–water partition coefficient (Wildman–Crippen LogP) is 4.49. The molecule has 1 unspecified atom stereocenters. The fourth-order valence-electron chi connectivity index (χ4n) is 5.57. The average Bonchev–Trinajstić information content (AvgIpc) is 3.28. The summed E-state index contributed by atoms with van der Waals surface area (Å²) in [6.07, 6.45) is 1.28. The first kappa shape index (κ1) is 21.4. The number of para-hydroxylation sites is 2. The van der Waals surface area contributed by atoms with E-state index < -0.39 is 11.4 Å². The minimum atomic E-state index is -1.54. The van der Waals surface area contributed by atoms with Crippen LogP contribution in [0, 0.1) is 0 Å². The van der Waals surface area contributed by atoms with Crippen molar-refractivity contribution in [2.45, 2.75) is 25.3 Å². The van der Waals surface area contributed by atoms with Gasteiger partial charge in [0.25, 0.3) is 11.8 Å². The molecule has 35 heavy (non-hydrogen) atoms. The Bertz CT molecular complexity index is 1540. The highest BCUT2D eigenvalue weighted by Gasteiger charge is 2.64. The molecule has 6 heteroatoms. The van der Waals surface area contributed by atoms with Crippen LogP contribution in [-0.4, -0.2) is 29.8 Å². The van der Waals surface area contributed by atoms with Gasteiger partial charge in [0, 0.05) is 18.7 Å². The number of rotatable bonds is 5. The van der Waals surface area contributed by atoms with Gasteiger partial charge in [-0.2, -0.15) is 0 Å². The Morgan fingerprint density at radius 2 is 1.54 bits per heavy atom. The van der Waals surface area contributed by atoms with Crippen molar-refractivity contribution in [3.63, 3.8) is 0 Å². The molecular weight excluding hydrogens is 440 g/mol. The number of benzene rings is 3. The first-order valence-electron chi connectivity index (χ1n) is 11.9. The predicted molar refractivity (Wildman–Crippen MR) is 134 cm³/mol. The van der Waals surface area contributed by atoms with Gasteiger partial charge in [-0.05, 0) is 36.6 Å². The standard InChI is InChI=1S/C29H24N2O4/c1-2-17-30-22-14-8-7-13-21(22)29(28(30)34)24-25(32)20-12-6-9-15-23(20)35-26(24)27(33)31(29)18-16-19-10-4-3-5-11-19/h3-15H,2,16-18H2,1H3. The summed E-state index contributed by atoms with van der Waals surface area (Å²) in [4.78, 5) is 45.5. The zero-order chi connectivity index (χ0) is 24.2. The average molecular weight is 465 g/mol. The first-order valence-corrected chi connectivity index (χ1v) is 11.9. The van der Waals surface area contributed by atoms with E-state index in [-0.39, 0.29) is 29.2 Å². The molecule has 3 heterocycles. The molecular formula is C29H24N2O4. The number of fused-ring (bicyclic) bond motifs is 5. The minimum Gasteiger partial charge on any atom is -0.450 e. The molecule has 3 aromatic carbocycles. The van der Waals surface area contributed by atoms with Crippen molar-refractivity contribution in [3.05, 3.63) is 112 Å². The van der Waals surface area contributed by atoms with Crippen molar-refractivity contribution in [3.8, 4) is 0 Å². The maximum Gasteiger partial charge on any atom is 0.291 e. The van der Waals surface area contributed by atoms with Gasteiger partial charge in [-0.25, -0.2) is 0 Å². The monoisotopic (exact) mass is 464 g/mol. The number of amides is 2. The Morgan fingerprint density at radius 3 is 2.34 bits per heavy atom. The number of anilines is 1. The van der Waals surface area contributed by atoms with Gasteiger partial charge in [0.05, 0.1) is 16.6 Å². The van der Waals surface area contributed by atoms with Crippen LogP contribution in [0.25, 0.3) is 11.0 Å². The van der Waals surface area contributed by atoms with Crippen molar-refractivity contribution in [2.75, 3.05) is 18.0 Å². The van der Waals surface area contributed by atoms with E-state index in [1.165, 1.54) is 0 Å². The molecule has 1 aromatic heterocycles.